The molecule has 142 valence electrons. The lowest BCUT2D eigenvalue weighted by atomic mass is 10.1. The minimum Gasteiger partial charge on any atom is -0.331 e. The van der Waals surface area contributed by atoms with Crippen LogP contribution in [0.15, 0.2) is 48.5 Å². The molecule has 0 saturated carbocycles. The number of hydrogen-bond acceptors (Lipinski definition) is 2. The summed E-state index contributed by atoms with van der Waals surface area (Å²) in [5.41, 5.74) is 1.01. The van der Waals surface area contributed by atoms with E-state index in [-0.39, 0.29) is 24.1 Å². The summed E-state index contributed by atoms with van der Waals surface area (Å²) in [4.78, 5) is 27.4. The van der Waals surface area contributed by atoms with Crippen LogP contribution < -0.4 is 10.2 Å². The Balaban J connectivity index is 1.46. The van der Waals surface area contributed by atoms with Gasteiger partial charge in [-0.25, -0.2) is 4.39 Å². The minimum atomic E-state index is -0.355. The average molecular weight is 391 g/mol. The van der Waals surface area contributed by atoms with Crippen LogP contribution in [0.5, 0.6) is 0 Å². The molecule has 7 heteroatoms. The van der Waals surface area contributed by atoms with Gasteiger partial charge < -0.3 is 15.1 Å². The smallest absolute Gasteiger partial charge is 0.279 e. The van der Waals surface area contributed by atoms with Crippen molar-refractivity contribution in [2.75, 3.05) is 38.0 Å². The van der Waals surface area contributed by atoms with Crippen molar-refractivity contribution in [3.8, 4) is 0 Å². The van der Waals surface area contributed by atoms with Crippen LogP contribution in [-0.2, 0) is 16.0 Å². The largest absolute Gasteiger partial charge is 0.331 e. The Kier molecular flexibility index (Phi) is 6.42. The van der Waals surface area contributed by atoms with E-state index in [1.54, 1.807) is 41.3 Å². The molecule has 1 heterocycles. The van der Waals surface area contributed by atoms with Crippen LogP contribution in [0.1, 0.15) is 5.56 Å². The molecule has 2 N–H and O–H groups in total. The maximum atomic E-state index is 13.7. The lowest BCUT2D eigenvalue weighted by Crippen LogP contribution is -3.15. The van der Waals surface area contributed by atoms with E-state index in [4.69, 9.17) is 11.6 Å². The Hall–Kier alpha value is -2.44. The molecule has 1 saturated heterocycles. The number of rotatable bonds is 5. The van der Waals surface area contributed by atoms with E-state index < -0.39 is 0 Å². The number of para-hydroxylation sites is 1. The molecule has 1 aliphatic heterocycles. The maximum absolute atomic E-state index is 13.7. The van der Waals surface area contributed by atoms with E-state index >= 15 is 0 Å². The van der Waals surface area contributed by atoms with Gasteiger partial charge in [-0.1, -0.05) is 41.9 Å². The predicted octanol–water partition coefficient (Wildman–Crippen LogP) is 1.39. The zero-order valence-corrected chi connectivity index (χ0v) is 15.6. The standard InChI is InChI=1S/C20H21ClFN3O2/c21-16-6-2-4-8-18(16)23-19(26)14-24-9-11-25(12-10-24)20(27)13-15-5-1-3-7-17(15)22/h1-8H,9-14H2,(H,23,26)/p+1. The molecule has 0 spiro atoms. The predicted molar refractivity (Wildman–Crippen MR) is 102 cm³/mol. The highest BCUT2D eigenvalue weighted by atomic mass is 35.5. The first kappa shape index (κ1) is 19.3. The molecule has 3 rings (SSSR count). The highest BCUT2D eigenvalue weighted by molar-refractivity contribution is 6.33. The van der Waals surface area contributed by atoms with E-state index in [1.165, 1.54) is 6.07 Å². The van der Waals surface area contributed by atoms with Crippen molar-refractivity contribution in [1.82, 2.24) is 4.90 Å². The molecule has 27 heavy (non-hydrogen) atoms. The van der Waals surface area contributed by atoms with Crippen LogP contribution in [0.2, 0.25) is 5.02 Å². The SMILES string of the molecule is O=C(C[NH+]1CCN(C(=O)Cc2ccccc2F)CC1)Nc1ccccc1Cl. The van der Waals surface area contributed by atoms with Gasteiger partial charge in [-0.15, -0.1) is 0 Å². The Bertz CT molecular complexity index is 822. The van der Waals surface area contributed by atoms with Gasteiger partial charge in [-0.05, 0) is 23.8 Å². The number of benzene rings is 2. The van der Waals surface area contributed by atoms with Crippen molar-refractivity contribution in [1.29, 1.82) is 0 Å². The second-order valence-corrected chi connectivity index (χ2v) is 7.01. The van der Waals surface area contributed by atoms with Gasteiger partial charge in [0, 0.05) is 0 Å². The summed E-state index contributed by atoms with van der Waals surface area (Å²) < 4.78 is 13.7. The molecule has 0 aliphatic carbocycles. The summed E-state index contributed by atoms with van der Waals surface area (Å²) >= 11 is 6.05. The molecule has 1 fully saturated rings. The maximum Gasteiger partial charge on any atom is 0.279 e. The van der Waals surface area contributed by atoms with E-state index in [2.05, 4.69) is 5.32 Å². The number of carbonyl (C=O) groups is 2. The number of quaternary nitrogens is 1. The average Bonchev–Trinajstić information content (AvgIpc) is 2.66. The fourth-order valence-electron chi connectivity index (χ4n) is 3.15. The molecule has 0 radical (unpaired) electrons. The summed E-state index contributed by atoms with van der Waals surface area (Å²) in [7, 11) is 0. The summed E-state index contributed by atoms with van der Waals surface area (Å²) in [5, 5.41) is 3.32. The van der Waals surface area contributed by atoms with Crippen molar-refractivity contribution in [2.24, 2.45) is 0 Å². The topological polar surface area (TPSA) is 53.9 Å². The Morgan fingerprint density at radius 2 is 1.74 bits per heavy atom. The third kappa shape index (κ3) is 5.28. The summed E-state index contributed by atoms with van der Waals surface area (Å²) in [6.45, 7) is 2.79. The van der Waals surface area contributed by atoms with Gasteiger partial charge in [-0.3, -0.25) is 9.59 Å². The number of piperazine rings is 1. The Morgan fingerprint density at radius 3 is 2.44 bits per heavy atom. The monoisotopic (exact) mass is 390 g/mol. The van der Waals surface area contributed by atoms with Crippen LogP contribution in [0, 0.1) is 5.82 Å². The molecule has 2 aromatic rings. The highest BCUT2D eigenvalue weighted by Crippen LogP contribution is 2.19. The van der Waals surface area contributed by atoms with Gasteiger partial charge in [0.2, 0.25) is 5.91 Å². The number of nitrogens with one attached hydrogen (secondary N) is 2. The minimum absolute atomic E-state index is 0.0645. The van der Waals surface area contributed by atoms with Crippen molar-refractivity contribution in [3.63, 3.8) is 0 Å². The van der Waals surface area contributed by atoms with Gasteiger partial charge in [-0.2, -0.15) is 0 Å². The van der Waals surface area contributed by atoms with E-state index in [0.29, 0.717) is 49.0 Å². The van der Waals surface area contributed by atoms with E-state index in [9.17, 15) is 14.0 Å². The van der Waals surface area contributed by atoms with Crippen LogP contribution in [0.3, 0.4) is 0 Å². The van der Waals surface area contributed by atoms with Gasteiger partial charge in [0.15, 0.2) is 6.54 Å². The van der Waals surface area contributed by atoms with Gasteiger partial charge in [0.25, 0.3) is 5.91 Å². The van der Waals surface area contributed by atoms with Gasteiger partial charge in [0.1, 0.15) is 5.82 Å². The molecular weight excluding hydrogens is 369 g/mol. The third-order valence-electron chi connectivity index (χ3n) is 4.68. The number of halogens is 2. The number of nitrogens with zero attached hydrogens (tertiary/aromatic N) is 1. The van der Waals surface area contributed by atoms with Gasteiger partial charge in [0.05, 0.1) is 43.3 Å². The molecule has 0 atom stereocenters. The van der Waals surface area contributed by atoms with Crippen molar-refractivity contribution in [2.45, 2.75) is 6.42 Å². The quantitative estimate of drug-likeness (QED) is 0.810. The third-order valence-corrected chi connectivity index (χ3v) is 5.01. The first-order valence-electron chi connectivity index (χ1n) is 8.92. The van der Waals surface area contributed by atoms with Crippen LogP contribution in [0.25, 0.3) is 0 Å². The molecule has 0 bridgehead atoms. The second kappa shape index (κ2) is 8.97. The van der Waals surface area contributed by atoms with Crippen molar-refractivity contribution < 1.29 is 18.9 Å². The van der Waals surface area contributed by atoms with E-state index in [0.717, 1.165) is 4.90 Å². The first-order chi connectivity index (χ1) is 13.0. The first-order valence-corrected chi connectivity index (χ1v) is 9.30. The Labute approximate surface area is 162 Å². The van der Waals surface area contributed by atoms with E-state index in [1.807, 2.05) is 6.07 Å². The van der Waals surface area contributed by atoms with Crippen LogP contribution in [0.4, 0.5) is 10.1 Å². The molecular formula is C20H22ClFN3O2+. The van der Waals surface area contributed by atoms with Crippen molar-refractivity contribution >= 4 is 29.1 Å². The fraction of sp³-hybridized carbons (Fsp3) is 0.300. The lowest BCUT2D eigenvalue weighted by molar-refractivity contribution is -0.895. The normalized spacial score (nSPS) is 14.8. The second-order valence-electron chi connectivity index (χ2n) is 6.60. The Morgan fingerprint density at radius 1 is 1.07 bits per heavy atom. The van der Waals surface area contributed by atoms with Crippen molar-refractivity contribution in [3.05, 3.63) is 64.9 Å². The number of hydrogen-bond donors (Lipinski definition) is 2. The molecule has 2 aromatic carbocycles. The highest BCUT2D eigenvalue weighted by Gasteiger charge is 2.25. The zero-order chi connectivity index (χ0) is 19.2. The molecule has 1 aliphatic rings. The zero-order valence-electron chi connectivity index (χ0n) is 14.9. The lowest BCUT2D eigenvalue weighted by Gasteiger charge is -2.32. The molecule has 0 aromatic heterocycles. The van der Waals surface area contributed by atoms with Crippen LogP contribution >= 0.6 is 11.6 Å². The van der Waals surface area contributed by atoms with Crippen LogP contribution in [-0.4, -0.2) is 49.4 Å². The summed E-state index contributed by atoms with van der Waals surface area (Å²) in [6.07, 6.45) is 0.0645. The number of amides is 2. The molecule has 0 unspecified atom stereocenters. The van der Waals surface area contributed by atoms with Gasteiger partial charge >= 0.3 is 0 Å². The number of anilines is 1. The summed E-state index contributed by atoms with van der Waals surface area (Å²) in [5.74, 6) is -0.546. The molecule has 5 nitrogen and oxygen atoms in total. The molecule has 2 amide bonds. The number of carbonyl (C=O) groups excluding carboxylic acids is 2. The summed E-state index contributed by atoms with van der Waals surface area (Å²) in [6, 6.07) is 13.4. The fourth-order valence-corrected chi connectivity index (χ4v) is 3.33.